The van der Waals surface area contributed by atoms with Crippen LogP contribution in [0.25, 0.3) is 0 Å². The molecule has 0 aliphatic heterocycles. The van der Waals surface area contributed by atoms with Crippen LogP contribution >= 0.6 is 0 Å². The van der Waals surface area contributed by atoms with Crippen molar-refractivity contribution in [3.8, 4) is 0 Å². The summed E-state index contributed by atoms with van der Waals surface area (Å²) in [5.41, 5.74) is 5.30. The van der Waals surface area contributed by atoms with Crippen LogP contribution in [-0.2, 0) is 0 Å². The van der Waals surface area contributed by atoms with E-state index >= 15 is 0 Å². The van der Waals surface area contributed by atoms with Crippen LogP contribution in [0.15, 0.2) is 0 Å². The Kier molecular flexibility index (Phi) is 9.77. The maximum absolute atomic E-state index is 5.30. The molecule has 0 atom stereocenters. The quantitative estimate of drug-likeness (QED) is 0.427. The highest BCUT2D eigenvalue weighted by atomic mass is 14.9. The number of hydrogen-bond donors (Lipinski definition) is 3. The Bertz CT molecular complexity index is 58.4. The standard InChI is InChI=1S/C8H20N3/c1-2-3-5-10-7-8-11-6-4-9/h10-11H,1-9H2. The van der Waals surface area contributed by atoms with Crippen LogP contribution < -0.4 is 16.4 Å². The third-order valence-electron chi connectivity index (χ3n) is 1.40. The zero-order chi connectivity index (χ0) is 8.36. The van der Waals surface area contributed by atoms with E-state index in [9.17, 15) is 0 Å². The smallest absolute Gasteiger partial charge is 0.00772 e. The molecule has 0 fully saturated rings. The van der Waals surface area contributed by atoms with E-state index in [1.54, 1.807) is 0 Å². The van der Waals surface area contributed by atoms with Crippen molar-refractivity contribution < 1.29 is 0 Å². The van der Waals surface area contributed by atoms with Crippen molar-refractivity contribution in [2.75, 3.05) is 32.7 Å². The Labute approximate surface area is 69.7 Å². The lowest BCUT2D eigenvalue weighted by atomic mass is 10.3. The van der Waals surface area contributed by atoms with E-state index in [4.69, 9.17) is 5.73 Å². The topological polar surface area (TPSA) is 50.1 Å². The van der Waals surface area contributed by atoms with Gasteiger partial charge in [0.25, 0.3) is 0 Å². The highest BCUT2D eigenvalue weighted by molar-refractivity contribution is 4.52. The summed E-state index contributed by atoms with van der Waals surface area (Å²) >= 11 is 0. The summed E-state index contributed by atoms with van der Waals surface area (Å²) in [4.78, 5) is 0. The number of nitrogens with two attached hydrogens (primary N) is 1. The molecule has 3 nitrogen and oxygen atoms in total. The Morgan fingerprint density at radius 1 is 1.00 bits per heavy atom. The molecule has 0 rings (SSSR count). The van der Waals surface area contributed by atoms with Crippen LogP contribution in [0.4, 0.5) is 0 Å². The third kappa shape index (κ3) is 9.88. The van der Waals surface area contributed by atoms with E-state index in [-0.39, 0.29) is 0 Å². The molecule has 0 aromatic rings. The maximum Gasteiger partial charge on any atom is 0.00772 e. The zero-order valence-electron chi connectivity index (χ0n) is 7.23. The Balaban J connectivity index is 2.69. The highest BCUT2D eigenvalue weighted by Crippen LogP contribution is 1.80. The van der Waals surface area contributed by atoms with Gasteiger partial charge in [-0.15, -0.1) is 0 Å². The SMILES string of the molecule is [CH2]CCCNCCNCCN. The molecule has 0 bridgehead atoms. The molecule has 0 aromatic carbocycles. The lowest BCUT2D eigenvalue weighted by molar-refractivity contribution is 0.601. The minimum absolute atomic E-state index is 0.721. The van der Waals surface area contributed by atoms with Gasteiger partial charge in [-0.25, -0.2) is 0 Å². The Morgan fingerprint density at radius 2 is 1.64 bits per heavy atom. The van der Waals surface area contributed by atoms with E-state index in [0.717, 1.165) is 45.6 Å². The first kappa shape index (κ1) is 10.9. The number of rotatable bonds is 8. The fraction of sp³-hybridized carbons (Fsp3) is 0.875. The van der Waals surface area contributed by atoms with Crippen LogP contribution in [0.5, 0.6) is 0 Å². The van der Waals surface area contributed by atoms with E-state index < -0.39 is 0 Å². The van der Waals surface area contributed by atoms with Gasteiger partial charge in [-0.2, -0.15) is 0 Å². The van der Waals surface area contributed by atoms with Crippen molar-refractivity contribution in [1.82, 2.24) is 10.6 Å². The molecule has 67 valence electrons. The molecule has 11 heavy (non-hydrogen) atoms. The molecular formula is C8H20N3. The van der Waals surface area contributed by atoms with Crippen molar-refractivity contribution >= 4 is 0 Å². The molecular weight excluding hydrogens is 138 g/mol. The summed E-state index contributed by atoms with van der Waals surface area (Å²) in [7, 11) is 0. The molecule has 0 unspecified atom stereocenters. The summed E-state index contributed by atoms with van der Waals surface area (Å²) in [5.74, 6) is 0. The van der Waals surface area contributed by atoms with Gasteiger partial charge in [0.2, 0.25) is 0 Å². The van der Waals surface area contributed by atoms with Crippen LogP contribution in [-0.4, -0.2) is 32.7 Å². The number of hydrogen-bond acceptors (Lipinski definition) is 3. The lowest BCUT2D eigenvalue weighted by Crippen LogP contribution is -2.31. The first-order valence-electron chi connectivity index (χ1n) is 4.32. The van der Waals surface area contributed by atoms with Gasteiger partial charge in [-0.05, 0) is 13.0 Å². The zero-order valence-corrected chi connectivity index (χ0v) is 7.23. The van der Waals surface area contributed by atoms with E-state index in [1.165, 1.54) is 0 Å². The minimum Gasteiger partial charge on any atom is -0.329 e. The molecule has 3 heteroatoms. The lowest BCUT2D eigenvalue weighted by Gasteiger charge is -2.03. The van der Waals surface area contributed by atoms with Crippen molar-refractivity contribution in [2.24, 2.45) is 5.73 Å². The molecule has 0 spiro atoms. The van der Waals surface area contributed by atoms with E-state index in [1.807, 2.05) is 0 Å². The van der Waals surface area contributed by atoms with Crippen LogP contribution in [0.1, 0.15) is 12.8 Å². The van der Waals surface area contributed by atoms with Crippen LogP contribution in [0.2, 0.25) is 0 Å². The molecule has 1 radical (unpaired) electrons. The Hall–Kier alpha value is -0.120. The van der Waals surface area contributed by atoms with Crippen molar-refractivity contribution in [3.05, 3.63) is 6.92 Å². The van der Waals surface area contributed by atoms with Gasteiger partial charge in [0, 0.05) is 26.2 Å². The minimum atomic E-state index is 0.721. The molecule has 0 amide bonds. The van der Waals surface area contributed by atoms with Gasteiger partial charge in [-0.3, -0.25) is 0 Å². The van der Waals surface area contributed by atoms with Crippen molar-refractivity contribution in [1.29, 1.82) is 0 Å². The molecule has 0 aliphatic carbocycles. The second-order valence-electron chi connectivity index (χ2n) is 2.50. The van der Waals surface area contributed by atoms with Crippen LogP contribution in [0.3, 0.4) is 0 Å². The predicted octanol–water partition coefficient (Wildman–Crippen LogP) is -0.261. The van der Waals surface area contributed by atoms with Gasteiger partial charge in [-0.1, -0.05) is 13.3 Å². The fourth-order valence-corrected chi connectivity index (χ4v) is 0.779. The highest BCUT2D eigenvalue weighted by Gasteiger charge is 1.85. The average Bonchev–Trinajstić information content (AvgIpc) is 2.03. The largest absolute Gasteiger partial charge is 0.329 e. The predicted molar refractivity (Wildman–Crippen MR) is 49.4 cm³/mol. The van der Waals surface area contributed by atoms with Gasteiger partial charge < -0.3 is 16.4 Å². The van der Waals surface area contributed by atoms with Crippen molar-refractivity contribution in [3.63, 3.8) is 0 Å². The number of unbranched alkanes of at least 4 members (excludes halogenated alkanes) is 1. The molecule has 0 saturated heterocycles. The molecule has 0 aromatic heterocycles. The van der Waals surface area contributed by atoms with Gasteiger partial charge >= 0.3 is 0 Å². The molecule has 4 N–H and O–H groups in total. The molecule has 0 aliphatic rings. The normalized spacial score (nSPS) is 10.4. The van der Waals surface area contributed by atoms with Gasteiger partial charge in [0.1, 0.15) is 0 Å². The fourth-order valence-electron chi connectivity index (χ4n) is 0.779. The molecule has 0 heterocycles. The maximum atomic E-state index is 5.30. The van der Waals surface area contributed by atoms with Gasteiger partial charge in [0.05, 0.1) is 0 Å². The van der Waals surface area contributed by atoms with Crippen molar-refractivity contribution in [2.45, 2.75) is 12.8 Å². The first-order valence-corrected chi connectivity index (χ1v) is 4.32. The monoisotopic (exact) mass is 158 g/mol. The second kappa shape index (κ2) is 9.88. The molecule has 0 saturated carbocycles. The summed E-state index contributed by atoms with van der Waals surface area (Å²) in [6.07, 6.45) is 2.18. The summed E-state index contributed by atoms with van der Waals surface area (Å²) < 4.78 is 0. The second-order valence-corrected chi connectivity index (χ2v) is 2.50. The third-order valence-corrected chi connectivity index (χ3v) is 1.40. The van der Waals surface area contributed by atoms with Crippen LogP contribution in [0, 0.1) is 6.92 Å². The van der Waals surface area contributed by atoms with E-state index in [0.29, 0.717) is 0 Å². The first-order chi connectivity index (χ1) is 5.41. The summed E-state index contributed by atoms with van der Waals surface area (Å²) in [6.45, 7) is 8.51. The van der Waals surface area contributed by atoms with Gasteiger partial charge in [0.15, 0.2) is 0 Å². The summed E-state index contributed by atoms with van der Waals surface area (Å²) in [5, 5.41) is 6.51. The number of nitrogens with one attached hydrogen (secondary N) is 2. The van der Waals surface area contributed by atoms with E-state index in [2.05, 4.69) is 17.6 Å². The average molecular weight is 158 g/mol. The summed E-state index contributed by atoms with van der Waals surface area (Å²) in [6, 6.07) is 0. The Morgan fingerprint density at radius 3 is 2.18 bits per heavy atom.